The molecule has 1 heterocycles. The van der Waals surface area contributed by atoms with Gasteiger partial charge >= 0.3 is 0 Å². The van der Waals surface area contributed by atoms with Crippen LogP contribution in [0.3, 0.4) is 0 Å². The summed E-state index contributed by atoms with van der Waals surface area (Å²) < 4.78 is 0.972. The van der Waals surface area contributed by atoms with E-state index in [1.807, 2.05) is 31.2 Å². The number of hydrogen-bond acceptors (Lipinski definition) is 3. The lowest BCUT2D eigenvalue weighted by Gasteiger charge is -2.11. The van der Waals surface area contributed by atoms with Crippen LogP contribution in [0.15, 0.2) is 45.6 Å². The van der Waals surface area contributed by atoms with Crippen molar-refractivity contribution in [2.75, 3.05) is 12.1 Å². The number of hydrogen-bond donors (Lipinski definition) is 1. The maximum Gasteiger partial charge on any atom is 0.282 e. The van der Waals surface area contributed by atoms with Gasteiger partial charge in [0.05, 0.1) is 17.0 Å². The zero-order chi connectivity index (χ0) is 12.4. The first kappa shape index (κ1) is 11.9. The summed E-state index contributed by atoms with van der Waals surface area (Å²) in [6, 6.07) is 7.46. The molecule has 0 saturated carbocycles. The third-order valence-electron chi connectivity index (χ3n) is 2.42. The summed E-state index contributed by atoms with van der Waals surface area (Å²) in [7, 11) is 1.76. The Bertz CT molecular complexity index is 505. The fourth-order valence-corrected chi connectivity index (χ4v) is 1.85. The summed E-state index contributed by atoms with van der Waals surface area (Å²) in [6.45, 7) is 1.82. The molecule has 1 aliphatic rings. The predicted molar refractivity (Wildman–Crippen MR) is 71.9 cm³/mol. The predicted octanol–water partition coefficient (Wildman–Crippen LogP) is 2.27. The van der Waals surface area contributed by atoms with E-state index in [1.165, 1.54) is 5.01 Å². The molecule has 1 N–H and O–H groups in total. The van der Waals surface area contributed by atoms with Crippen LogP contribution in [0.1, 0.15) is 6.92 Å². The zero-order valence-electron chi connectivity index (χ0n) is 9.57. The molecule has 2 rings (SSSR count). The van der Waals surface area contributed by atoms with Gasteiger partial charge in [0.1, 0.15) is 0 Å². The molecule has 0 unspecified atom stereocenters. The van der Waals surface area contributed by atoms with Crippen LogP contribution in [0.2, 0.25) is 0 Å². The Kier molecular flexibility index (Phi) is 3.28. The Hall–Kier alpha value is -1.62. The molecule has 0 radical (unpaired) electrons. The highest BCUT2D eigenvalue weighted by molar-refractivity contribution is 9.10. The van der Waals surface area contributed by atoms with Gasteiger partial charge in [0.25, 0.3) is 5.91 Å². The second-order valence-corrected chi connectivity index (χ2v) is 4.54. The standard InChI is InChI=1S/C12H12BrN3O/c1-8-11(7-14-2)12(17)16(15-8)10-5-3-9(13)4-6-10/h3-7,14H,1-2H3. The summed E-state index contributed by atoms with van der Waals surface area (Å²) in [5, 5.41) is 8.51. The second kappa shape index (κ2) is 4.71. The maximum absolute atomic E-state index is 12.1. The molecule has 88 valence electrons. The van der Waals surface area contributed by atoms with Crippen LogP contribution in [-0.2, 0) is 4.79 Å². The summed E-state index contributed by atoms with van der Waals surface area (Å²) in [6.07, 6.45) is 1.67. The van der Waals surface area contributed by atoms with Gasteiger partial charge in [-0.05, 0) is 31.2 Å². The van der Waals surface area contributed by atoms with Gasteiger partial charge < -0.3 is 5.32 Å². The lowest BCUT2D eigenvalue weighted by atomic mass is 10.2. The van der Waals surface area contributed by atoms with E-state index in [1.54, 1.807) is 13.2 Å². The first-order valence-corrected chi connectivity index (χ1v) is 5.96. The minimum absolute atomic E-state index is 0.112. The second-order valence-electron chi connectivity index (χ2n) is 3.63. The van der Waals surface area contributed by atoms with Crippen LogP contribution < -0.4 is 10.3 Å². The highest BCUT2D eigenvalue weighted by Crippen LogP contribution is 2.24. The summed E-state index contributed by atoms with van der Waals surface area (Å²) in [5.41, 5.74) is 2.07. The van der Waals surface area contributed by atoms with Crippen LogP contribution in [0.25, 0.3) is 0 Å². The third-order valence-corrected chi connectivity index (χ3v) is 2.95. The molecule has 17 heavy (non-hydrogen) atoms. The minimum Gasteiger partial charge on any atom is -0.393 e. The van der Waals surface area contributed by atoms with Gasteiger partial charge in [0.15, 0.2) is 0 Å². The van der Waals surface area contributed by atoms with E-state index < -0.39 is 0 Å². The number of rotatable bonds is 2. The van der Waals surface area contributed by atoms with E-state index in [9.17, 15) is 4.79 Å². The van der Waals surface area contributed by atoms with Crippen LogP contribution in [0, 0.1) is 0 Å². The average molecular weight is 294 g/mol. The number of carbonyl (C=O) groups is 1. The largest absolute Gasteiger partial charge is 0.393 e. The highest BCUT2D eigenvalue weighted by Gasteiger charge is 2.28. The fourth-order valence-electron chi connectivity index (χ4n) is 1.59. The van der Waals surface area contributed by atoms with Crippen molar-refractivity contribution >= 4 is 33.2 Å². The van der Waals surface area contributed by atoms with Gasteiger partial charge in [-0.3, -0.25) is 4.79 Å². The first-order chi connectivity index (χ1) is 8.13. The van der Waals surface area contributed by atoms with E-state index in [4.69, 9.17) is 0 Å². The van der Waals surface area contributed by atoms with Gasteiger partial charge in [-0.15, -0.1) is 0 Å². The Morgan fingerprint density at radius 3 is 2.59 bits per heavy atom. The molecule has 0 aromatic heterocycles. The van der Waals surface area contributed by atoms with Gasteiger partial charge in [-0.25, -0.2) is 0 Å². The number of halogens is 1. The van der Waals surface area contributed by atoms with Crippen molar-refractivity contribution in [2.24, 2.45) is 5.10 Å². The quantitative estimate of drug-likeness (QED) is 0.850. The third kappa shape index (κ3) is 2.24. The highest BCUT2D eigenvalue weighted by atomic mass is 79.9. The minimum atomic E-state index is -0.112. The van der Waals surface area contributed by atoms with E-state index in [-0.39, 0.29) is 5.91 Å². The van der Waals surface area contributed by atoms with Crippen molar-refractivity contribution in [3.63, 3.8) is 0 Å². The Labute approximate surface area is 108 Å². The number of benzene rings is 1. The molecule has 0 aliphatic carbocycles. The number of nitrogens with one attached hydrogen (secondary N) is 1. The molecule has 1 aromatic rings. The van der Waals surface area contributed by atoms with Crippen LogP contribution in [0.5, 0.6) is 0 Å². The summed E-state index contributed by atoms with van der Waals surface area (Å²) >= 11 is 3.36. The van der Waals surface area contributed by atoms with Crippen LogP contribution in [-0.4, -0.2) is 18.7 Å². The molecule has 0 atom stereocenters. The molecule has 1 amide bonds. The SMILES string of the molecule is CNC=C1C(=O)N(c2ccc(Br)cc2)N=C1C. The molecule has 1 aliphatic heterocycles. The van der Waals surface area contributed by atoms with Gasteiger partial charge in [0, 0.05) is 17.7 Å². The number of nitrogens with zero attached hydrogens (tertiary/aromatic N) is 2. The Morgan fingerprint density at radius 2 is 2.00 bits per heavy atom. The summed E-state index contributed by atoms with van der Waals surface area (Å²) in [5.74, 6) is -0.112. The first-order valence-electron chi connectivity index (χ1n) is 5.16. The van der Waals surface area contributed by atoms with E-state index in [0.717, 1.165) is 10.2 Å². The number of anilines is 1. The van der Waals surface area contributed by atoms with Gasteiger partial charge in [-0.1, -0.05) is 15.9 Å². The Balaban J connectivity index is 2.34. The monoisotopic (exact) mass is 293 g/mol. The Morgan fingerprint density at radius 1 is 1.35 bits per heavy atom. The molecule has 1 aromatic carbocycles. The lowest BCUT2D eigenvalue weighted by molar-refractivity contribution is -0.114. The lowest BCUT2D eigenvalue weighted by Crippen LogP contribution is -2.22. The van der Waals surface area contributed by atoms with E-state index in [0.29, 0.717) is 11.3 Å². The molecular weight excluding hydrogens is 282 g/mol. The topological polar surface area (TPSA) is 44.7 Å². The van der Waals surface area contributed by atoms with Gasteiger partial charge in [-0.2, -0.15) is 10.1 Å². The normalized spacial score (nSPS) is 17.6. The zero-order valence-corrected chi connectivity index (χ0v) is 11.2. The smallest absolute Gasteiger partial charge is 0.282 e. The molecule has 0 spiro atoms. The summed E-state index contributed by atoms with van der Waals surface area (Å²) in [4.78, 5) is 12.1. The number of amides is 1. The van der Waals surface area contributed by atoms with E-state index in [2.05, 4.69) is 26.3 Å². The molecule has 5 heteroatoms. The fraction of sp³-hybridized carbons (Fsp3) is 0.167. The maximum atomic E-state index is 12.1. The number of carbonyl (C=O) groups excluding carboxylic acids is 1. The number of hydrazone groups is 1. The van der Waals surface area contributed by atoms with Crippen LogP contribution in [0.4, 0.5) is 5.69 Å². The van der Waals surface area contributed by atoms with E-state index >= 15 is 0 Å². The molecule has 0 fully saturated rings. The van der Waals surface area contributed by atoms with Crippen molar-refractivity contribution in [1.82, 2.24) is 5.32 Å². The van der Waals surface area contributed by atoms with Crippen molar-refractivity contribution in [2.45, 2.75) is 6.92 Å². The van der Waals surface area contributed by atoms with Crippen molar-refractivity contribution < 1.29 is 4.79 Å². The average Bonchev–Trinajstić information content (AvgIpc) is 2.59. The van der Waals surface area contributed by atoms with Crippen LogP contribution >= 0.6 is 15.9 Å². The van der Waals surface area contributed by atoms with Crippen molar-refractivity contribution in [3.8, 4) is 0 Å². The molecule has 0 bridgehead atoms. The molecular formula is C12H12BrN3O. The molecule has 4 nitrogen and oxygen atoms in total. The molecule has 0 saturated heterocycles. The van der Waals surface area contributed by atoms with Gasteiger partial charge in [0.2, 0.25) is 0 Å². The van der Waals surface area contributed by atoms with Crippen molar-refractivity contribution in [1.29, 1.82) is 0 Å². The van der Waals surface area contributed by atoms with Crippen molar-refractivity contribution in [3.05, 3.63) is 40.5 Å².